The Morgan fingerprint density at radius 3 is 2.50 bits per heavy atom. The summed E-state index contributed by atoms with van der Waals surface area (Å²) in [5, 5.41) is 3.87. The lowest BCUT2D eigenvalue weighted by molar-refractivity contribution is -0.105. The second-order valence-electron chi connectivity index (χ2n) is 9.13. The van der Waals surface area contributed by atoms with Gasteiger partial charge in [-0.1, -0.05) is 30.3 Å². The maximum atomic E-state index is 13.4. The van der Waals surface area contributed by atoms with Gasteiger partial charge in [0.2, 0.25) is 6.41 Å². The minimum Gasteiger partial charge on any atom is -0.328 e. The van der Waals surface area contributed by atoms with Crippen molar-refractivity contribution >= 4 is 38.6 Å². The maximum Gasteiger partial charge on any atom is 0.262 e. The molecule has 8 heteroatoms. The maximum absolute atomic E-state index is 13.4. The van der Waals surface area contributed by atoms with E-state index in [0.29, 0.717) is 28.6 Å². The second kappa shape index (κ2) is 10.1. The van der Waals surface area contributed by atoms with Crippen LogP contribution in [0.25, 0.3) is 10.8 Å². The average Bonchev–Trinajstić information content (AvgIpc) is 2.82. The van der Waals surface area contributed by atoms with Crippen molar-refractivity contribution in [2.45, 2.75) is 30.2 Å². The number of aryl methyl sites for hydroxylation is 1. The number of amides is 1. The van der Waals surface area contributed by atoms with Gasteiger partial charge in [-0.3, -0.25) is 14.4 Å². The Morgan fingerprint density at radius 2 is 1.76 bits per heavy atom. The molecule has 1 aliphatic rings. The van der Waals surface area contributed by atoms with E-state index in [1.54, 1.807) is 24.3 Å². The number of carbonyl (C=O) groups is 1. The Morgan fingerprint density at radius 1 is 1.00 bits per heavy atom. The van der Waals surface area contributed by atoms with Gasteiger partial charge in [0, 0.05) is 41.3 Å². The molecule has 0 spiro atoms. The highest BCUT2D eigenvalue weighted by atomic mass is 32.2. The van der Waals surface area contributed by atoms with E-state index in [-0.39, 0.29) is 10.9 Å². The van der Waals surface area contributed by atoms with Crippen molar-refractivity contribution < 1.29 is 13.2 Å². The van der Waals surface area contributed by atoms with Gasteiger partial charge in [-0.25, -0.2) is 8.42 Å². The molecule has 1 aliphatic carbocycles. The van der Waals surface area contributed by atoms with Gasteiger partial charge in [0.15, 0.2) is 0 Å². The lowest BCUT2D eigenvalue weighted by Crippen LogP contribution is -2.33. The molecule has 4 rings (SSSR count). The van der Waals surface area contributed by atoms with E-state index in [0.717, 1.165) is 32.4 Å². The molecule has 1 unspecified atom stereocenters. The molecule has 0 saturated heterocycles. The highest BCUT2D eigenvalue weighted by Crippen LogP contribution is 2.36. The van der Waals surface area contributed by atoms with Gasteiger partial charge in [0.1, 0.15) is 0 Å². The largest absolute Gasteiger partial charge is 0.328 e. The Kier molecular flexibility index (Phi) is 7.21. The quantitative estimate of drug-likeness (QED) is 0.451. The summed E-state index contributed by atoms with van der Waals surface area (Å²) in [5.41, 5.74) is 3.61. The number of hydrogen-bond donors (Lipinski definition) is 2. The summed E-state index contributed by atoms with van der Waals surface area (Å²) in [5.74, 6) is 0. The molecule has 1 atom stereocenters. The molecule has 0 bridgehead atoms. The molecule has 1 amide bonds. The number of nitrogens with zero attached hydrogens (tertiary/aromatic N) is 2. The first-order valence-corrected chi connectivity index (χ1v) is 13.0. The van der Waals surface area contributed by atoms with Crippen molar-refractivity contribution in [2.24, 2.45) is 0 Å². The molecular formula is C26H32N4O3S. The number of fused-ring (bicyclic) bond motifs is 2. The lowest BCUT2D eigenvalue weighted by atomic mass is 9.86. The van der Waals surface area contributed by atoms with E-state index in [1.807, 2.05) is 24.3 Å². The molecule has 34 heavy (non-hydrogen) atoms. The van der Waals surface area contributed by atoms with Gasteiger partial charge in [-0.15, -0.1) is 0 Å². The van der Waals surface area contributed by atoms with Crippen molar-refractivity contribution in [2.75, 3.05) is 44.3 Å². The molecule has 0 saturated carbocycles. The van der Waals surface area contributed by atoms with Gasteiger partial charge in [-0.2, -0.15) is 0 Å². The van der Waals surface area contributed by atoms with Crippen LogP contribution in [-0.4, -0.2) is 58.9 Å². The molecule has 3 aromatic rings. The Labute approximate surface area is 201 Å². The first kappa shape index (κ1) is 24.2. The normalized spacial score (nSPS) is 16.0. The Hall–Kier alpha value is -2.94. The molecule has 7 nitrogen and oxygen atoms in total. The number of benzene rings is 3. The van der Waals surface area contributed by atoms with Crippen LogP contribution in [0, 0.1) is 0 Å². The topological polar surface area (TPSA) is 81.8 Å². The van der Waals surface area contributed by atoms with Crippen LogP contribution in [0.15, 0.2) is 59.5 Å². The Bertz CT molecular complexity index is 1290. The van der Waals surface area contributed by atoms with Gasteiger partial charge in [0.05, 0.1) is 4.90 Å². The van der Waals surface area contributed by atoms with E-state index < -0.39 is 10.0 Å². The number of likely N-dealkylation sites (N-methyl/N-ethyl adjacent to an activating group) is 2. The van der Waals surface area contributed by atoms with Gasteiger partial charge in [0.25, 0.3) is 10.0 Å². The summed E-state index contributed by atoms with van der Waals surface area (Å²) in [6.07, 6.45) is 3.79. The van der Waals surface area contributed by atoms with Crippen LogP contribution < -0.4 is 10.0 Å². The molecule has 0 radical (unpaired) electrons. The molecule has 0 fully saturated rings. The third kappa shape index (κ3) is 5.09. The van der Waals surface area contributed by atoms with Gasteiger partial charge in [-0.05, 0) is 75.8 Å². The lowest BCUT2D eigenvalue weighted by Gasteiger charge is -2.34. The average molecular weight is 481 g/mol. The van der Waals surface area contributed by atoms with Crippen LogP contribution >= 0.6 is 0 Å². The van der Waals surface area contributed by atoms with E-state index in [9.17, 15) is 13.2 Å². The second-order valence-corrected chi connectivity index (χ2v) is 10.8. The van der Waals surface area contributed by atoms with E-state index >= 15 is 0 Å². The van der Waals surface area contributed by atoms with Crippen LogP contribution in [0.3, 0.4) is 0 Å². The summed E-state index contributed by atoms with van der Waals surface area (Å²) in [6, 6.07) is 16.5. The molecule has 2 N–H and O–H groups in total. The third-order valence-corrected chi connectivity index (χ3v) is 7.94. The monoisotopic (exact) mass is 480 g/mol. The summed E-state index contributed by atoms with van der Waals surface area (Å²) in [4.78, 5) is 15.7. The van der Waals surface area contributed by atoms with E-state index in [4.69, 9.17) is 0 Å². The number of nitrogens with one attached hydrogen (secondary N) is 2. The highest BCUT2D eigenvalue weighted by molar-refractivity contribution is 7.93. The predicted octanol–water partition coefficient (Wildman–Crippen LogP) is 4.08. The molecule has 0 aromatic heterocycles. The minimum atomic E-state index is -3.84. The van der Waals surface area contributed by atoms with Crippen molar-refractivity contribution in [3.8, 4) is 0 Å². The fourth-order valence-corrected chi connectivity index (χ4v) is 5.98. The summed E-state index contributed by atoms with van der Waals surface area (Å²) in [7, 11) is 2.44. The Balaban J connectivity index is 1.65. The fraction of sp³-hybridized carbons (Fsp3) is 0.346. The third-order valence-electron chi connectivity index (χ3n) is 6.50. The standard InChI is InChI=1S/C26H32N4O3S/c1-29(2)15-16-30(3)25-10-6-7-19-11-12-20(17-23(19)25)28-34(32,33)26-14-13-24(27-18-31)21-8-4-5-9-22(21)26/h4-5,8-9,11-14,17-18,25,28H,6-7,10,15-16H2,1-3H3,(H,27,31). The van der Waals surface area contributed by atoms with Crippen molar-refractivity contribution in [1.82, 2.24) is 9.80 Å². The molecule has 0 aliphatic heterocycles. The zero-order chi connectivity index (χ0) is 24.3. The van der Waals surface area contributed by atoms with Crippen LogP contribution in [0.4, 0.5) is 11.4 Å². The predicted molar refractivity (Wildman–Crippen MR) is 138 cm³/mol. The molecule has 180 valence electrons. The zero-order valence-corrected chi connectivity index (χ0v) is 20.7. The molecular weight excluding hydrogens is 448 g/mol. The summed E-state index contributed by atoms with van der Waals surface area (Å²) in [6.45, 7) is 1.91. The van der Waals surface area contributed by atoms with Crippen molar-refractivity contribution in [3.05, 3.63) is 65.7 Å². The van der Waals surface area contributed by atoms with Crippen LogP contribution in [0.2, 0.25) is 0 Å². The van der Waals surface area contributed by atoms with Crippen LogP contribution in [0.1, 0.15) is 30.0 Å². The van der Waals surface area contributed by atoms with Crippen molar-refractivity contribution in [1.29, 1.82) is 0 Å². The first-order chi connectivity index (χ1) is 16.3. The number of hydrogen-bond acceptors (Lipinski definition) is 5. The van der Waals surface area contributed by atoms with Gasteiger partial charge >= 0.3 is 0 Å². The minimum absolute atomic E-state index is 0.178. The number of carbonyl (C=O) groups excluding carboxylic acids is 1. The van der Waals surface area contributed by atoms with Crippen LogP contribution in [0.5, 0.6) is 0 Å². The van der Waals surface area contributed by atoms with Crippen LogP contribution in [-0.2, 0) is 21.2 Å². The molecule has 3 aromatic carbocycles. The number of anilines is 2. The first-order valence-electron chi connectivity index (χ1n) is 11.5. The number of sulfonamides is 1. The van der Waals surface area contributed by atoms with E-state index in [2.05, 4.69) is 41.0 Å². The van der Waals surface area contributed by atoms with E-state index in [1.165, 1.54) is 17.2 Å². The summed E-state index contributed by atoms with van der Waals surface area (Å²) >= 11 is 0. The van der Waals surface area contributed by atoms with Gasteiger partial charge < -0.3 is 10.2 Å². The number of rotatable bonds is 9. The molecule has 0 heterocycles. The zero-order valence-electron chi connectivity index (χ0n) is 19.9. The smallest absolute Gasteiger partial charge is 0.262 e. The highest BCUT2D eigenvalue weighted by Gasteiger charge is 2.25. The fourth-order valence-electron chi connectivity index (χ4n) is 4.71. The SMILES string of the molecule is CN(C)CCN(C)C1CCCc2ccc(NS(=O)(=O)c3ccc(NC=O)c4ccccc34)cc21. The summed E-state index contributed by atoms with van der Waals surface area (Å²) < 4.78 is 29.7. The van der Waals surface area contributed by atoms with Crippen molar-refractivity contribution in [3.63, 3.8) is 0 Å².